The molecule has 0 spiro atoms. The van der Waals surface area contributed by atoms with Gasteiger partial charge in [-0.3, -0.25) is 9.78 Å². The highest BCUT2D eigenvalue weighted by Gasteiger charge is 2.14. The number of aromatic nitrogens is 2. The molecule has 0 aromatic carbocycles. The molecule has 0 bridgehead atoms. The van der Waals surface area contributed by atoms with Gasteiger partial charge in [0.05, 0.1) is 12.8 Å². The Hall–Kier alpha value is -1.65. The lowest BCUT2D eigenvalue weighted by Gasteiger charge is -2.22. The zero-order valence-electron chi connectivity index (χ0n) is 9.93. The monoisotopic (exact) mass is 223 g/mol. The van der Waals surface area contributed by atoms with Crippen molar-refractivity contribution in [3.63, 3.8) is 0 Å². The first-order chi connectivity index (χ1) is 7.69. The molecule has 5 nitrogen and oxygen atoms in total. The molecular formula is C11H17N3O2. The second kappa shape index (κ2) is 6.05. The minimum atomic E-state index is -0.265. The van der Waals surface area contributed by atoms with Crippen LogP contribution in [0.5, 0.6) is 0 Å². The number of nitrogens with zero attached hydrogens (tertiary/aromatic N) is 3. The molecule has 0 N–H and O–H groups in total. The van der Waals surface area contributed by atoms with E-state index in [9.17, 15) is 4.79 Å². The van der Waals surface area contributed by atoms with Gasteiger partial charge in [0.15, 0.2) is 5.82 Å². The first-order valence-electron chi connectivity index (χ1n) is 5.28. The van der Waals surface area contributed by atoms with Gasteiger partial charge >= 0.3 is 5.97 Å². The van der Waals surface area contributed by atoms with Gasteiger partial charge in [-0.05, 0) is 13.3 Å². The van der Waals surface area contributed by atoms with E-state index in [4.69, 9.17) is 0 Å². The summed E-state index contributed by atoms with van der Waals surface area (Å²) in [6, 6.07) is 0. The van der Waals surface area contributed by atoms with Crippen LogP contribution in [-0.2, 0) is 9.53 Å². The topological polar surface area (TPSA) is 55.3 Å². The Labute approximate surface area is 95.5 Å². The molecule has 0 radical (unpaired) electrons. The SMILES string of the molecule is CCCN(CC(=O)OC)c1nccnc1C. The predicted octanol–water partition coefficient (Wildman–Crippen LogP) is 1.17. The fourth-order valence-corrected chi connectivity index (χ4v) is 1.46. The number of rotatable bonds is 5. The van der Waals surface area contributed by atoms with Crippen molar-refractivity contribution in [3.8, 4) is 0 Å². The van der Waals surface area contributed by atoms with Crippen LogP contribution >= 0.6 is 0 Å². The van der Waals surface area contributed by atoms with Gasteiger partial charge in [0.1, 0.15) is 6.54 Å². The average molecular weight is 223 g/mol. The van der Waals surface area contributed by atoms with Crippen molar-refractivity contribution in [1.82, 2.24) is 9.97 Å². The van der Waals surface area contributed by atoms with Crippen LogP contribution in [0.3, 0.4) is 0 Å². The Kier molecular flexibility index (Phi) is 4.69. The first kappa shape index (κ1) is 12.4. The van der Waals surface area contributed by atoms with Crippen LogP contribution in [0.25, 0.3) is 0 Å². The summed E-state index contributed by atoms with van der Waals surface area (Å²) < 4.78 is 4.66. The summed E-state index contributed by atoms with van der Waals surface area (Å²) in [7, 11) is 1.38. The van der Waals surface area contributed by atoms with E-state index in [0.717, 1.165) is 24.5 Å². The highest BCUT2D eigenvalue weighted by molar-refractivity contribution is 5.75. The van der Waals surface area contributed by atoms with Gasteiger partial charge in [-0.1, -0.05) is 6.92 Å². The van der Waals surface area contributed by atoms with Crippen LogP contribution < -0.4 is 4.90 Å². The van der Waals surface area contributed by atoms with Crippen molar-refractivity contribution < 1.29 is 9.53 Å². The van der Waals surface area contributed by atoms with E-state index in [1.54, 1.807) is 12.4 Å². The Morgan fingerprint density at radius 2 is 2.12 bits per heavy atom. The summed E-state index contributed by atoms with van der Waals surface area (Å²) >= 11 is 0. The molecule has 0 aliphatic carbocycles. The summed E-state index contributed by atoms with van der Waals surface area (Å²) in [6.07, 6.45) is 4.20. The van der Waals surface area contributed by atoms with Gasteiger partial charge in [0, 0.05) is 18.9 Å². The van der Waals surface area contributed by atoms with E-state index >= 15 is 0 Å². The number of carbonyl (C=O) groups is 1. The lowest BCUT2D eigenvalue weighted by Crippen LogP contribution is -2.32. The zero-order chi connectivity index (χ0) is 12.0. The van der Waals surface area contributed by atoms with Crippen molar-refractivity contribution in [2.24, 2.45) is 0 Å². The number of hydrogen-bond donors (Lipinski definition) is 0. The molecule has 5 heteroatoms. The standard InChI is InChI=1S/C11H17N3O2/c1-4-7-14(8-10(15)16-3)11-9(2)12-5-6-13-11/h5-6H,4,7-8H2,1-3H3. The first-order valence-corrected chi connectivity index (χ1v) is 5.28. The van der Waals surface area contributed by atoms with E-state index in [-0.39, 0.29) is 12.5 Å². The predicted molar refractivity (Wildman–Crippen MR) is 61.3 cm³/mol. The lowest BCUT2D eigenvalue weighted by atomic mass is 10.3. The van der Waals surface area contributed by atoms with E-state index in [0.29, 0.717) is 0 Å². The quantitative estimate of drug-likeness (QED) is 0.701. The molecule has 0 amide bonds. The van der Waals surface area contributed by atoms with Crippen LogP contribution in [0.4, 0.5) is 5.82 Å². The van der Waals surface area contributed by atoms with Gasteiger partial charge in [-0.15, -0.1) is 0 Å². The number of esters is 1. The van der Waals surface area contributed by atoms with Gasteiger partial charge < -0.3 is 9.64 Å². The van der Waals surface area contributed by atoms with Gasteiger partial charge in [0.2, 0.25) is 0 Å². The maximum absolute atomic E-state index is 11.3. The molecule has 1 rings (SSSR count). The summed E-state index contributed by atoms with van der Waals surface area (Å²) in [5, 5.41) is 0. The molecule has 88 valence electrons. The Balaban J connectivity index is 2.85. The molecule has 1 aromatic heterocycles. The second-order valence-electron chi connectivity index (χ2n) is 3.46. The van der Waals surface area contributed by atoms with Crippen LogP contribution in [0.2, 0.25) is 0 Å². The number of ether oxygens (including phenoxy) is 1. The maximum Gasteiger partial charge on any atom is 0.325 e. The number of aryl methyl sites for hydroxylation is 1. The van der Waals surface area contributed by atoms with E-state index in [1.165, 1.54) is 7.11 Å². The van der Waals surface area contributed by atoms with Gasteiger partial charge in [-0.25, -0.2) is 4.98 Å². The van der Waals surface area contributed by atoms with Crippen molar-refractivity contribution in [1.29, 1.82) is 0 Å². The normalized spacial score (nSPS) is 9.94. The minimum Gasteiger partial charge on any atom is -0.468 e. The van der Waals surface area contributed by atoms with E-state index < -0.39 is 0 Å². The highest BCUT2D eigenvalue weighted by Crippen LogP contribution is 2.13. The molecule has 0 aliphatic heterocycles. The van der Waals surface area contributed by atoms with E-state index in [1.807, 2.05) is 11.8 Å². The summed E-state index contributed by atoms with van der Waals surface area (Å²) in [5.41, 5.74) is 0.819. The van der Waals surface area contributed by atoms with Crippen LogP contribution in [0.15, 0.2) is 12.4 Å². The maximum atomic E-state index is 11.3. The Morgan fingerprint density at radius 1 is 1.44 bits per heavy atom. The summed E-state index contributed by atoms with van der Waals surface area (Å²) in [5.74, 6) is 0.480. The molecule has 1 aromatic rings. The molecule has 0 aliphatic rings. The molecule has 0 atom stereocenters. The molecule has 1 heterocycles. The fourth-order valence-electron chi connectivity index (χ4n) is 1.46. The number of carbonyl (C=O) groups excluding carboxylic acids is 1. The third kappa shape index (κ3) is 3.18. The van der Waals surface area contributed by atoms with E-state index in [2.05, 4.69) is 21.6 Å². The summed E-state index contributed by atoms with van der Waals surface area (Å²) in [4.78, 5) is 21.6. The summed E-state index contributed by atoms with van der Waals surface area (Å²) in [6.45, 7) is 4.90. The minimum absolute atomic E-state index is 0.212. The van der Waals surface area contributed by atoms with Gasteiger partial charge in [-0.2, -0.15) is 0 Å². The zero-order valence-corrected chi connectivity index (χ0v) is 9.93. The van der Waals surface area contributed by atoms with Crippen LogP contribution in [0.1, 0.15) is 19.0 Å². The second-order valence-corrected chi connectivity index (χ2v) is 3.46. The van der Waals surface area contributed by atoms with Crippen LogP contribution in [0, 0.1) is 6.92 Å². The van der Waals surface area contributed by atoms with Crippen molar-refractivity contribution in [3.05, 3.63) is 18.1 Å². The molecule has 16 heavy (non-hydrogen) atoms. The molecule has 0 unspecified atom stereocenters. The Bertz CT molecular complexity index is 355. The Morgan fingerprint density at radius 3 is 2.69 bits per heavy atom. The molecule has 0 saturated carbocycles. The number of anilines is 1. The third-order valence-corrected chi connectivity index (χ3v) is 2.20. The molecular weight excluding hydrogens is 206 g/mol. The highest BCUT2D eigenvalue weighted by atomic mass is 16.5. The largest absolute Gasteiger partial charge is 0.468 e. The lowest BCUT2D eigenvalue weighted by molar-refractivity contribution is -0.138. The number of methoxy groups -OCH3 is 1. The van der Waals surface area contributed by atoms with Crippen molar-refractivity contribution in [2.75, 3.05) is 25.1 Å². The molecule has 0 saturated heterocycles. The third-order valence-electron chi connectivity index (χ3n) is 2.20. The fraction of sp³-hybridized carbons (Fsp3) is 0.545. The number of hydrogen-bond acceptors (Lipinski definition) is 5. The van der Waals surface area contributed by atoms with Crippen LogP contribution in [-0.4, -0.2) is 36.1 Å². The smallest absolute Gasteiger partial charge is 0.325 e. The van der Waals surface area contributed by atoms with Crippen molar-refractivity contribution in [2.45, 2.75) is 20.3 Å². The van der Waals surface area contributed by atoms with Crippen molar-refractivity contribution >= 4 is 11.8 Å². The average Bonchev–Trinajstić information content (AvgIpc) is 2.29. The molecule has 0 fully saturated rings. The van der Waals surface area contributed by atoms with Gasteiger partial charge in [0.25, 0.3) is 0 Å².